The lowest BCUT2D eigenvalue weighted by molar-refractivity contribution is -0.134. The maximum atomic E-state index is 12.6. The van der Waals surface area contributed by atoms with Crippen molar-refractivity contribution in [2.75, 3.05) is 32.9 Å². The van der Waals surface area contributed by atoms with Crippen LogP contribution in [0, 0.1) is 0 Å². The molecular formula is C33H67NO4. The van der Waals surface area contributed by atoms with Gasteiger partial charge in [-0.3, -0.25) is 4.79 Å². The second-order valence-corrected chi connectivity index (χ2v) is 11.5. The molecule has 0 fully saturated rings. The Morgan fingerprint density at radius 1 is 0.632 bits per heavy atom. The van der Waals surface area contributed by atoms with Crippen LogP contribution in [0.1, 0.15) is 168 Å². The normalized spacial score (nSPS) is 12.2. The highest BCUT2D eigenvalue weighted by atomic mass is 16.5. The van der Waals surface area contributed by atoms with Gasteiger partial charge in [-0.25, -0.2) is 0 Å². The number of unbranched alkanes of at least 4 members (excludes halogenated alkanes) is 21. The van der Waals surface area contributed by atoms with E-state index in [-0.39, 0.29) is 32.2 Å². The van der Waals surface area contributed by atoms with E-state index in [2.05, 4.69) is 13.8 Å². The lowest BCUT2D eigenvalue weighted by atomic mass is 10.0. The van der Waals surface area contributed by atoms with Gasteiger partial charge in [0.2, 0.25) is 5.91 Å². The van der Waals surface area contributed by atoms with E-state index in [1.807, 2.05) is 0 Å². The summed E-state index contributed by atoms with van der Waals surface area (Å²) in [4.78, 5) is 14.2. The summed E-state index contributed by atoms with van der Waals surface area (Å²) in [6.07, 6.45) is 29.5. The van der Waals surface area contributed by atoms with Gasteiger partial charge in [0.15, 0.2) is 0 Å². The van der Waals surface area contributed by atoms with Crippen LogP contribution in [0.5, 0.6) is 0 Å². The van der Waals surface area contributed by atoms with E-state index in [1.165, 1.54) is 128 Å². The molecule has 0 aliphatic heterocycles. The maximum Gasteiger partial charge on any atom is 0.222 e. The van der Waals surface area contributed by atoms with E-state index in [1.54, 1.807) is 4.90 Å². The first-order valence-corrected chi connectivity index (χ1v) is 16.8. The van der Waals surface area contributed by atoms with Crippen molar-refractivity contribution in [1.82, 2.24) is 4.90 Å². The second-order valence-electron chi connectivity index (χ2n) is 11.5. The Morgan fingerprint density at radius 2 is 1.03 bits per heavy atom. The Morgan fingerprint density at radius 3 is 1.45 bits per heavy atom. The molecule has 0 saturated carbocycles. The van der Waals surface area contributed by atoms with E-state index < -0.39 is 6.10 Å². The molecule has 38 heavy (non-hydrogen) atoms. The Bertz CT molecular complexity index is 474. The molecule has 1 atom stereocenters. The molecule has 2 N–H and O–H groups in total. The summed E-state index contributed by atoms with van der Waals surface area (Å²) in [5.74, 6) is 0.0378. The van der Waals surface area contributed by atoms with Gasteiger partial charge in [0.05, 0.1) is 19.3 Å². The lowest BCUT2D eigenvalue weighted by Gasteiger charge is -2.24. The molecule has 0 heterocycles. The predicted molar refractivity (Wildman–Crippen MR) is 163 cm³/mol. The van der Waals surface area contributed by atoms with Crippen molar-refractivity contribution in [3.63, 3.8) is 0 Å². The zero-order valence-corrected chi connectivity index (χ0v) is 25.7. The Balaban J connectivity index is 3.67. The molecule has 0 spiro atoms. The highest BCUT2D eigenvalue weighted by Gasteiger charge is 2.17. The van der Waals surface area contributed by atoms with E-state index in [9.17, 15) is 15.0 Å². The number of hydrogen-bond acceptors (Lipinski definition) is 4. The van der Waals surface area contributed by atoms with Gasteiger partial charge in [-0.2, -0.15) is 0 Å². The lowest BCUT2D eigenvalue weighted by Crippen LogP contribution is -2.40. The van der Waals surface area contributed by atoms with Crippen LogP contribution < -0.4 is 0 Å². The Kier molecular flexibility index (Phi) is 30.4. The third-order valence-corrected chi connectivity index (χ3v) is 7.60. The third kappa shape index (κ3) is 26.9. The van der Waals surface area contributed by atoms with Crippen molar-refractivity contribution in [3.8, 4) is 0 Å². The molecule has 0 aromatic rings. The number of carbonyl (C=O) groups excluding carboxylic acids is 1. The zero-order valence-electron chi connectivity index (χ0n) is 25.7. The number of hydrogen-bond donors (Lipinski definition) is 2. The summed E-state index contributed by atoms with van der Waals surface area (Å²) >= 11 is 0. The fourth-order valence-electron chi connectivity index (χ4n) is 5.11. The summed E-state index contributed by atoms with van der Waals surface area (Å²) in [5, 5.41) is 19.7. The minimum atomic E-state index is -0.694. The van der Waals surface area contributed by atoms with Gasteiger partial charge < -0.3 is 19.8 Å². The summed E-state index contributed by atoms with van der Waals surface area (Å²) in [6.45, 7) is 5.90. The van der Waals surface area contributed by atoms with Crippen LogP contribution in [0.2, 0.25) is 0 Å². The van der Waals surface area contributed by atoms with Crippen LogP contribution >= 0.6 is 0 Å². The molecule has 0 bridgehead atoms. The number of amides is 1. The Hall–Kier alpha value is -0.650. The number of nitrogens with zero attached hydrogens (tertiary/aromatic N) is 1. The molecular weight excluding hydrogens is 474 g/mol. The Labute approximate surface area is 237 Å². The van der Waals surface area contributed by atoms with Crippen molar-refractivity contribution >= 4 is 5.91 Å². The number of carbonyl (C=O) groups is 1. The van der Waals surface area contributed by atoms with Gasteiger partial charge in [-0.1, -0.05) is 149 Å². The van der Waals surface area contributed by atoms with Gasteiger partial charge in [-0.15, -0.1) is 0 Å². The molecule has 0 aliphatic rings. The highest BCUT2D eigenvalue weighted by molar-refractivity contribution is 5.76. The number of aliphatic hydroxyl groups excluding tert-OH is 2. The van der Waals surface area contributed by atoms with Crippen molar-refractivity contribution in [3.05, 3.63) is 0 Å². The highest BCUT2D eigenvalue weighted by Crippen LogP contribution is 2.14. The molecule has 5 heteroatoms. The van der Waals surface area contributed by atoms with Crippen LogP contribution in [0.4, 0.5) is 0 Å². The molecule has 0 aliphatic carbocycles. The van der Waals surface area contributed by atoms with Crippen LogP contribution in [0.15, 0.2) is 0 Å². The van der Waals surface area contributed by atoms with Crippen LogP contribution in [0.25, 0.3) is 0 Å². The van der Waals surface area contributed by atoms with E-state index in [0.29, 0.717) is 13.0 Å². The van der Waals surface area contributed by atoms with Crippen LogP contribution in [-0.2, 0) is 9.53 Å². The molecule has 0 saturated heterocycles. The number of ether oxygens (including phenoxy) is 1. The van der Waals surface area contributed by atoms with Gasteiger partial charge in [-0.05, 0) is 12.8 Å². The number of rotatable bonds is 31. The van der Waals surface area contributed by atoms with Crippen molar-refractivity contribution in [1.29, 1.82) is 0 Å². The first-order chi connectivity index (χ1) is 18.7. The van der Waals surface area contributed by atoms with Gasteiger partial charge >= 0.3 is 0 Å². The average Bonchev–Trinajstić information content (AvgIpc) is 2.91. The molecule has 0 aromatic heterocycles. The van der Waals surface area contributed by atoms with Gasteiger partial charge in [0.25, 0.3) is 0 Å². The summed E-state index contributed by atoms with van der Waals surface area (Å²) in [7, 11) is 0. The first kappa shape index (κ1) is 37.4. The summed E-state index contributed by atoms with van der Waals surface area (Å²) in [5.41, 5.74) is 0. The number of aliphatic hydroxyl groups is 2. The molecule has 0 aromatic carbocycles. The molecule has 5 nitrogen and oxygen atoms in total. The average molecular weight is 542 g/mol. The SMILES string of the molecule is CCCCCCCCCCCCCCCC(=O)N(CCO)CC(O)COCCCCCCCCCCCC. The molecule has 1 amide bonds. The minimum Gasteiger partial charge on any atom is -0.395 e. The molecule has 0 rings (SSSR count). The summed E-state index contributed by atoms with van der Waals surface area (Å²) < 4.78 is 5.66. The minimum absolute atomic E-state index is 0.0378. The second kappa shape index (κ2) is 30.9. The van der Waals surface area contributed by atoms with E-state index >= 15 is 0 Å². The predicted octanol–water partition coefficient (Wildman–Crippen LogP) is 8.59. The maximum absolute atomic E-state index is 12.6. The standard InChI is InChI=1S/C33H67NO4/c1-3-5-7-9-11-13-15-16-17-18-20-22-24-26-33(37)34(27-28-35)30-32(36)31-38-29-25-23-21-19-14-12-10-8-6-4-2/h32,35-36H,3-31H2,1-2H3. The molecule has 0 radical (unpaired) electrons. The quantitative estimate of drug-likeness (QED) is 0.0862. The summed E-state index contributed by atoms with van der Waals surface area (Å²) in [6, 6.07) is 0. The van der Waals surface area contributed by atoms with E-state index in [0.717, 1.165) is 19.3 Å². The fraction of sp³-hybridized carbons (Fsp3) is 0.970. The van der Waals surface area contributed by atoms with Crippen LogP contribution in [0.3, 0.4) is 0 Å². The largest absolute Gasteiger partial charge is 0.395 e. The fourth-order valence-corrected chi connectivity index (χ4v) is 5.11. The van der Waals surface area contributed by atoms with Crippen molar-refractivity contribution in [2.45, 2.75) is 174 Å². The van der Waals surface area contributed by atoms with Crippen molar-refractivity contribution < 1.29 is 19.7 Å². The smallest absolute Gasteiger partial charge is 0.222 e. The zero-order chi connectivity index (χ0) is 27.9. The van der Waals surface area contributed by atoms with Crippen LogP contribution in [-0.4, -0.2) is 60.0 Å². The van der Waals surface area contributed by atoms with Crippen molar-refractivity contribution in [2.24, 2.45) is 0 Å². The van der Waals surface area contributed by atoms with E-state index in [4.69, 9.17) is 4.74 Å². The molecule has 228 valence electrons. The topological polar surface area (TPSA) is 70.0 Å². The van der Waals surface area contributed by atoms with Gasteiger partial charge in [0, 0.05) is 26.1 Å². The monoisotopic (exact) mass is 542 g/mol. The van der Waals surface area contributed by atoms with Gasteiger partial charge in [0.1, 0.15) is 0 Å². The molecule has 1 unspecified atom stereocenters. The first-order valence-electron chi connectivity index (χ1n) is 16.8. The third-order valence-electron chi connectivity index (χ3n) is 7.60.